The summed E-state index contributed by atoms with van der Waals surface area (Å²) in [6.07, 6.45) is 19.1. The Hall–Kier alpha value is -3.45. The molecule has 0 unspecified atom stereocenters. The van der Waals surface area contributed by atoms with Crippen molar-refractivity contribution in [2.75, 3.05) is 13.1 Å². The van der Waals surface area contributed by atoms with Crippen molar-refractivity contribution in [3.8, 4) is 22.5 Å². The summed E-state index contributed by atoms with van der Waals surface area (Å²) in [7, 11) is 0. The molecule has 3 aromatic rings. The summed E-state index contributed by atoms with van der Waals surface area (Å²) in [6, 6.07) is 8.95. The number of benzene rings is 1. The lowest BCUT2D eigenvalue weighted by molar-refractivity contribution is 0.283. The molecule has 33 heavy (non-hydrogen) atoms. The third kappa shape index (κ3) is 4.54. The lowest BCUT2D eigenvalue weighted by Gasteiger charge is -2.27. The Morgan fingerprint density at radius 1 is 0.939 bits per heavy atom. The summed E-state index contributed by atoms with van der Waals surface area (Å²) in [6.45, 7) is 2.90. The molecule has 1 saturated heterocycles. The van der Waals surface area contributed by atoms with E-state index in [1.54, 1.807) is 0 Å². The summed E-state index contributed by atoms with van der Waals surface area (Å²) in [5.41, 5.74) is 9.18. The molecule has 2 aliphatic heterocycles. The van der Waals surface area contributed by atoms with Crippen LogP contribution in [0.1, 0.15) is 37.3 Å². The molecular formula is C26H29N7. The maximum atomic E-state index is 4.67. The lowest BCUT2D eigenvalue weighted by Crippen LogP contribution is -2.34. The van der Waals surface area contributed by atoms with Crippen LogP contribution < -0.4 is 10.7 Å². The molecule has 0 atom stereocenters. The number of hydrazine groups is 1. The molecule has 168 valence electrons. The van der Waals surface area contributed by atoms with Crippen LogP contribution in [0.4, 0.5) is 0 Å². The molecule has 4 heterocycles. The van der Waals surface area contributed by atoms with Gasteiger partial charge in [0.15, 0.2) is 5.82 Å². The molecule has 2 aromatic heterocycles. The first kappa shape index (κ1) is 20.2. The number of aromatic nitrogens is 4. The largest absolute Gasteiger partial charge is 0.317 e. The van der Waals surface area contributed by atoms with Gasteiger partial charge in [-0.2, -0.15) is 5.10 Å². The Morgan fingerprint density at radius 3 is 2.61 bits per heavy atom. The Morgan fingerprint density at radius 2 is 1.79 bits per heavy atom. The molecule has 7 nitrogen and oxygen atoms in total. The predicted octanol–water partition coefficient (Wildman–Crippen LogP) is 4.06. The molecule has 3 aliphatic rings. The topological polar surface area (TPSA) is 70.9 Å². The molecule has 1 aromatic carbocycles. The van der Waals surface area contributed by atoms with Crippen molar-refractivity contribution in [3.63, 3.8) is 0 Å². The molecule has 0 spiro atoms. The predicted molar refractivity (Wildman–Crippen MR) is 128 cm³/mol. The summed E-state index contributed by atoms with van der Waals surface area (Å²) in [5.74, 6) is 1.45. The van der Waals surface area contributed by atoms with E-state index in [1.807, 2.05) is 18.6 Å². The van der Waals surface area contributed by atoms with Crippen molar-refractivity contribution in [1.29, 1.82) is 0 Å². The van der Waals surface area contributed by atoms with Crippen LogP contribution in [-0.4, -0.2) is 37.8 Å². The quantitative estimate of drug-likeness (QED) is 0.604. The van der Waals surface area contributed by atoms with E-state index in [2.05, 4.69) is 84.3 Å². The van der Waals surface area contributed by atoms with Gasteiger partial charge in [0.1, 0.15) is 0 Å². The fourth-order valence-corrected chi connectivity index (χ4v) is 4.59. The number of hydrogen-bond acceptors (Lipinski definition) is 6. The fraction of sp³-hybridized carbons (Fsp3) is 0.346. The van der Waals surface area contributed by atoms with Crippen LogP contribution in [0.25, 0.3) is 22.5 Å². The third-order valence-corrected chi connectivity index (χ3v) is 6.64. The second kappa shape index (κ2) is 8.83. The second-order valence-electron chi connectivity index (χ2n) is 9.16. The zero-order chi connectivity index (χ0) is 22.0. The van der Waals surface area contributed by atoms with E-state index < -0.39 is 0 Å². The average molecular weight is 440 g/mol. The smallest absolute Gasteiger partial charge is 0.159 e. The first-order valence-corrected chi connectivity index (χ1v) is 11.9. The highest BCUT2D eigenvalue weighted by Gasteiger charge is 2.27. The van der Waals surface area contributed by atoms with Crippen LogP contribution in [0.3, 0.4) is 0 Å². The number of nitrogens with one attached hydrogen (secondary N) is 2. The number of nitrogens with zero attached hydrogens (tertiary/aromatic N) is 5. The van der Waals surface area contributed by atoms with Crippen molar-refractivity contribution < 1.29 is 0 Å². The highest BCUT2D eigenvalue weighted by Crippen LogP contribution is 2.36. The standard InChI is InChI=1S/C26H29N7/c1-3-19(17-32-12-2-5-25(31-32)20-6-7-20)13-21(4-1)26-28-14-22(15-29-26)23-16-30-33(18-23)24-8-10-27-11-9-24/h1-5,12-16,18,20,24,27,31H,6-11,17H2. The zero-order valence-corrected chi connectivity index (χ0v) is 18.7. The van der Waals surface area contributed by atoms with Gasteiger partial charge in [0, 0.05) is 53.1 Å². The van der Waals surface area contributed by atoms with E-state index in [0.717, 1.165) is 55.0 Å². The number of allylic oxidation sites excluding steroid dienone is 3. The van der Waals surface area contributed by atoms with Crippen molar-refractivity contribution in [1.82, 2.24) is 35.5 Å². The number of piperidine rings is 1. The van der Waals surface area contributed by atoms with Crippen molar-refractivity contribution >= 4 is 0 Å². The monoisotopic (exact) mass is 439 g/mol. The van der Waals surface area contributed by atoms with E-state index in [9.17, 15) is 0 Å². The summed E-state index contributed by atoms with van der Waals surface area (Å²) >= 11 is 0. The summed E-state index contributed by atoms with van der Waals surface area (Å²) in [5, 5.41) is 10.2. The van der Waals surface area contributed by atoms with Gasteiger partial charge < -0.3 is 10.7 Å². The normalized spacial score (nSPS) is 18.8. The van der Waals surface area contributed by atoms with Crippen LogP contribution >= 0.6 is 0 Å². The van der Waals surface area contributed by atoms with Gasteiger partial charge in [-0.25, -0.2) is 9.97 Å². The van der Waals surface area contributed by atoms with E-state index in [-0.39, 0.29) is 0 Å². The molecule has 1 saturated carbocycles. The minimum absolute atomic E-state index is 0.475. The van der Waals surface area contributed by atoms with Crippen LogP contribution in [0.15, 0.2) is 73.1 Å². The Bertz CT molecular complexity index is 1170. The fourth-order valence-electron chi connectivity index (χ4n) is 4.59. The van der Waals surface area contributed by atoms with Crippen LogP contribution in [-0.2, 0) is 6.54 Å². The SMILES string of the molecule is C1=CN(Cc2cccc(-c3ncc(-c4cnn(C5CCNCC5)c4)cn3)c2)NC(C2CC2)=C1. The molecule has 6 rings (SSSR count). The van der Waals surface area contributed by atoms with Crippen LogP contribution in [0.5, 0.6) is 0 Å². The van der Waals surface area contributed by atoms with Crippen LogP contribution in [0, 0.1) is 5.92 Å². The molecule has 0 bridgehead atoms. The van der Waals surface area contributed by atoms with Gasteiger partial charge in [-0.3, -0.25) is 9.69 Å². The number of rotatable bonds is 6. The Balaban J connectivity index is 1.14. The zero-order valence-electron chi connectivity index (χ0n) is 18.7. The van der Waals surface area contributed by atoms with E-state index >= 15 is 0 Å². The average Bonchev–Trinajstić information content (AvgIpc) is 3.61. The molecule has 2 fully saturated rings. The summed E-state index contributed by atoms with van der Waals surface area (Å²) in [4.78, 5) is 9.34. The van der Waals surface area contributed by atoms with Gasteiger partial charge in [-0.15, -0.1) is 0 Å². The third-order valence-electron chi connectivity index (χ3n) is 6.64. The minimum atomic E-state index is 0.475. The van der Waals surface area contributed by atoms with E-state index in [1.165, 1.54) is 24.1 Å². The van der Waals surface area contributed by atoms with Crippen molar-refractivity contribution in [2.45, 2.75) is 38.3 Å². The van der Waals surface area contributed by atoms with Gasteiger partial charge in [-0.1, -0.05) is 18.2 Å². The van der Waals surface area contributed by atoms with Crippen molar-refractivity contribution in [2.24, 2.45) is 5.92 Å². The van der Waals surface area contributed by atoms with E-state index in [0.29, 0.717) is 12.0 Å². The molecule has 2 N–H and O–H groups in total. The second-order valence-corrected chi connectivity index (χ2v) is 9.16. The van der Waals surface area contributed by atoms with E-state index in [4.69, 9.17) is 0 Å². The first-order chi connectivity index (χ1) is 16.3. The molecule has 0 radical (unpaired) electrons. The Labute approximate surface area is 194 Å². The Kier molecular flexibility index (Phi) is 5.40. The van der Waals surface area contributed by atoms with Crippen LogP contribution in [0.2, 0.25) is 0 Å². The first-order valence-electron chi connectivity index (χ1n) is 11.9. The molecule has 0 amide bonds. The van der Waals surface area contributed by atoms with Gasteiger partial charge >= 0.3 is 0 Å². The van der Waals surface area contributed by atoms with Crippen molar-refractivity contribution in [3.05, 3.63) is 78.7 Å². The van der Waals surface area contributed by atoms with Gasteiger partial charge in [-0.05, 0) is 62.6 Å². The molecule has 7 heteroatoms. The maximum Gasteiger partial charge on any atom is 0.159 e. The molecular weight excluding hydrogens is 410 g/mol. The van der Waals surface area contributed by atoms with Gasteiger partial charge in [0.2, 0.25) is 0 Å². The summed E-state index contributed by atoms with van der Waals surface area (Å²) < 4.78 is 2.10. The minimum Gasteiger partial charge on any atom is -0.317 e. The highest BCUT2D eigenvalue weighted by atomic mass is 15.5. The maximum absolute atomic E-state index is 4.67. The van der Waals surface area contributed by atoms with Gasteiger partial charge in [0.05, 0.1) is 18.8 Å². The lowest BCUT2D eigenvalue weighted by atomic mass is 10.1. The highest BCUT2D eigenvalue weighted by molar-refractivity contribution is 5.62. The van der Waals surface area contributed by atoms with Gasteiger partial charge in [0.25, 0.3) is 0 Å². The molecule has 1 aliphatic carbocycles. The number of hydrogen-bond donors (Lipinski definition) is 2.